The SMILES string of the molecule is NC(=O)N/N=C1/CC[C@@]2(O)C3Cc4ccc(O)c5c4C2(CCN3CC2CC2)[C@H]1O5. The molecule has 0 aromatic heterocycles. The van der Waals surface area contributed by atoms with Gasteiger partial charge in [-0.1, -0.05) is 6.07 Å². The van der Waals surface area contributed by atoms with Crippen molar-refractivity contribution in [2.75, 3.05) is 13.1 Å². The number of phenolic OH excluding ortho intramolecular Hbond substituents is 1. The van der Waals surface area contributed by atoms with Gasteiger partial charge in [0.15, 0.2) is 17.6 Å². The van der Waals surface area contributed by atoms with Gasteiger partial charge in [-0.15, -0.1) is 0 Å². The first-order chi connectivity index (χ1) is 13.9. The zero-order valence-corrected chi connectivity index (χ0v) is 16.2. The highest BCUT2D eigenvalue weighted by Gasteiger charge is 2.72. The van der Waals surface area contributed by atoms with Crippen molar-refractivity contribution in [3.8, 4) is 11.5 Å². The van der Waals surface area contributed by atoms with E-state index < -0.39 is 23.2 Å². The Morgan fingerprint density at radius 2 is 2.21 bits per heavy atom. The minimum absolute atomic E-state index is 0.0246. The van der Waals surface area contributed by atoms with Crippen molar-refractivity contribution in [1.82, 2.24) is 10.3 Å². The fourth-order valence-electron chi connectivity index (χ4n) is 6.52. The number of rotatable bonds is 3. The van der Waals surface area contributed by atoms with E-state index in [1.165, 1.54) is 12.8 Å². The van der Waals surface area contributed by atoms with E-state index in [4.69, 9.17) is 10.5 Å². The molecule has 1 aromatic rings. The molecule has 3 fully saturated rings. The molecule has 1 saturated heterocycles. The van der Waals surface area contributed by atoms with Crippen LogP contribution in [-0.4, -0.2) is 57.7 Å². The van der Waals surface area contributed by atoms with Crippen LogP contribution in [0.2, 0.25) is 0 Å². The Balaban J connectivity index is 1.52. The molecule has 2 heterocycles. The maximum Gasteiger partial charge on any atom is 0.332 e. The number of piperidine rings is 1. The molecule has 3 aliphatic carbocycles. The van der Waals surface area contributed by atoms with Crippen LogP contribution in [0.5, 0.6) is 11.5 Å². The lowest BCUT2D eigenvalue weighted by Crippen LogP contribution is -2.76. The van der Waals surface area contributed by atoms with E-state index in [1.54, 1.807) is 6.07 Å². The van der Waals surface area contributed by atoms with E-state index >= 15 is 0 Å². The van der Waals surface area contributed by atoms with Crippen LogP contribution in [0.15, 0.2) is 17.2 Å². The summed E-state index contributed by atoms with van der Waals surface area (Å²) in [7, 11) is 0. The van der Waals surface area contributed by atoms with Crippen molar-refractivity contribution in [2.45, 2.75) is 61.7 Å². The summed E-state index contributed by atoms with van der Waals surface area (Å²) in [6.45, 7) is 1.92. The zero-order chi connectivity index (χ0) is 20.0. The van der Waals surface area contributed by atoms with E-state index in [2.05, 4.69) is 15.4 Å². The molecule has 1 spiro atoms. The molecule has 2 amide bonds. The number of aliphatic hydroxyl groups is 1. The minimum atomic E-state index is -0.956. The Morgan fingerprint density at radius 1 is 1.38 bits per heavy atom. The van der Waals surface area contributed by atoms with Gasteiger partial charge in [-0.3, -0.25) is 4.90 Å². The Kier molecular flexibility index (Phi) is 3.41. The van der Waals surface area contributed by atoms with Crippen molar-refractivity contribution < 1.29 is 19.7 Å². The van der Waals surface area contributed by atoms with Gasteiger partial charge in [0, 0.05) is 18.2 Å². The van der Waals surface area contributed by atoms with Gasteiger partial charge in [0.1, 0.15) is 0 Å². The first kappa shape index (κ1) is 17.5. The molecular formula is C21H26N4O4. The lowest BCUT2D eigenvalue weighted by Gasteiger charge is -2.63. The summed E-state index contributed by atoms with van der Waals surface area (Å²) >= 11 is 0. The minimum Gasteiger partial charge on any atom is -0.504 e. The van der Waals surface area contributed by atoms with Gasteiger partial charge in [0.2, 0.25) is 0 Å². The van der Waals surface area contributed by atoms with E-state index in [0.717, 1.165) is 43.0 Å². The third-order valence-corrected chi connectivity index (χ3v) is 7.89. The normalized spacial score (nSPS) is 38.4. The summed E-state index contributed by atoms with van der Waals surface area (Å²) in [6, 6.07) is 2.96. The molecular weight excluding hydrogens is 372 g/mol. The lowest BCUT2D eigenvalue weighted by atomic mass is 9.49. The second-order valence-electron chi connectivity index (χ2n) is 9.33. The number of phenols is 1. The maximum absolute atomic E-state index is 12.2. The van der Waals surface area contributed by atoms with Gasteiger partial charge in [-0.25, -0.2) is 10.2 Å². The summed E-state index contributed by atoms with van der Waals surface area (Å²) in [5, 5.41) is 27.0. The molecule has 5 N–H and O–H groups in total. The molecule has 4 atom stereocenters. The number of ether oxygens (including phenoxy) is 1. The van der Waals surface area contributed by atoms with Crippen LogP contribution < -0.4 is 15.9 Å². The second-order valence-corrected chi connectivity index (χ2v) is 9.33. The Labute approximate surface area is 168 Å². The molecule has 2 bridgehead atoms. The van der Waals surface area contributed by atoms with Gasteiger partial charge in [-0.2, -0.15) is 5.10 Å². The number of hydrogen-bond donors (Lipinski definition) is 4. The van der Waals surface area contributed by atoms with Crippen LogP contribution in [0.3, 0.4) is 0 Å². The van der Waals surface area contributed by atoms with Crippen LogP contribution in [0.25, 0.3) is 0 Å². The van der Waals surface area contributed by atoms with Crippen molar-refractivity contribution in [3.63, 3.8) is 0 Å². The number of amides is 2. The zero-order valence-electron chi connectivity index (χ0n) is 16.2. The van der Waals surface area contributed by atoms with E-state index in [1.807, 2.05) is 6.07 Å². The smallest absolute Gasteiger partial charge is 0.332 e. The van der Waals surface area contributed by atoms with E-state index in [0.29, 0.717) is 24.3 Å². The number of carbonyl (C=O) groups is 1. The molecule has 6 rings (SSSR count). The molecule has 2 aliphatic heterocycles. The highest BCUT2D eigenvalue weighted by molar-refractivity contribution is 5.95. The van der Waals surface area contributed by atoms with Crippen LogP contribution in [0, 0.1) is 5.92 Å². The average Bonchev–Trinajstić information content (AvgIpc) is 3.42. The highest BCUT2D eigenvalue weighted by atomic mass is 16.5. The number of primary amides is 1. The van der Waals surface area contributed by atoms with Gasteiger partial charge >= 0.3 is 6.03 Å². The molecule has 154 valence electrons. The Morgan fingerprint density at radius 3 is 2.97 bits per heavy atom. The van der Waals surface area contributed by atoms with Gasteiger partial charge in [-0.05, 0) is 62.6 Å². The number of benzene rings is 1. The molecule has 8 heteroatoms. The van der Waals surface area contributed by atoms with Crippen LogP contribution >= 0.6 is 0 Å². The van der Waals surface area contributed by atoms with Crippen molar-refractivity contribution in [3.05, 3.63) is 23.3 Å². The molecule has 8 nitrogen and oxygen atoms in total. The largest absolute Gasteiger partial charge is 0.504 e. The number of hydrazone groups is 1. The van der Waals surface area contributed by atoms with Crippen molar-refractivity contribution in [2.24, 2.45) is 16.8 Å². The third-order valence-electron chi connectivity index (χ3n) is 7.89. The fourth-order valence-corrected chi connectivity index (χ4v) is 6.52. The fraction of sp³-hybridized carbons (Fsp3) is 0.619. The summed E-state index contributed by atoms with van der Waals surface area (Å²) in [6.07, 6.45) is 4.60. The number of likely N-dealkylation sites (tertiary alicyclic amines) is 1. The molecule has 0 radical (unpaired) electrons. The monoisotopic (exact) mass is 398 g/mol. The highest BCUT2D eigenvalue weighted by Crippen LogP contribution is 2.65. The summed E-state index contributed by atoms with van der Waals surface area (Å²) in [4.78, 5) is 13.7. The number of nitrogens with zero attached hydrogens (tertiary/aromatic N) is 2. The molecule has 29 heavy (non-hydrogen) atoms. The molecule has 2 saturated carbocycles. The van der Waals surface area contributed by atoms with Crippen LogP contribution in [0.4, 0.5) is 4.79 Å². The predicted molar refractivity (Wildman–Crippen MR) is 105 cm³/mol. The average molecular weight is 398 g/mol. The first-order valence-corrected chi connectivity index (χ1v) is 10.5. The number of hydrogen-bond acceptors (Lipinski definition) is 6. The van der Waals surface area contributed by atoms with Gasteiger partial charge in [0.05, 0.1) is 16.7 Å². The number of aromatic hydroxyl groups is 1. The number of carbonyl (C=O) groups excluding carboxylic acids is 1. The number of urea groups is 1. The van der Waals surface area contributed by atoms with Crippen molar-refractivity contribution in [1.29, 1.82) is 0 Å². The van der Waals surface area contributed by atoms with E-state index in [-0.39, 0.29) is 11.8 Å². The molecule has 2 unspecified atom stereocenters. The lowest BCUT2D eigenvalue weighted by molar-refractivity contribution is -0.166. The third kappa shape index (κ3) is 2.16. The Bertz CT molecular complexity index is 945. The topological polar surface area (TPSA) is 120 Å². The Hall–Kier alpha value is -2.32. The van der Waals surface area contributed by atoms with Gasteiger partial charge in [0.25, 0.3) is 0 Å². The summed E-state index contributed by atoms with van der Waals surface area (Å²) < 4.78 is 6.30. The second kappa shape index (κ2) is 5.64. The maximum atomic E-state index is 12.2. The predicted octanol–water partition coefficient (Wildman–Crippen LogP) is 0.981. The quantitative estimate of drug-likeness (QED) is 0.566. The molecule has 1 aromatic carbocycles. The summed E-state index contributed by atoms with van der Waals surface area (Å²) in [5.74, 6) is 1.31. The number of nitrogens with two attached hydrogens (primary N) is 1. The summed E-state index contributed by atoms with van der Waals surface area (Å²) in [5.41, 5.74) is 8.70. The number of nitrogens with one attached hydrogen (secondary N) is 1. The van der Waals surface area contributed by atoms with Gasteiger partial charge < -0.3 is 20.7 Å². The first-order valence-electron chi connectivity index (χ1n) is 10.5. The van der Waals surface area contributed by atoms with E-state index in [9.17, 15) is 15.0 Å². The molecule has 5 aliphatic rings. The van der Waals surface area contributed by atoms with Crippen LogP contribution in [0.1, 0.15) is 43.2 Å². The van der Waals surface area contributed by atoms with Crippen molar-refractivity contribution >= 4 is 11.7 Å². The van der Waals surface area contributed by atoms with Crippen LogP contribution in [-0.2, 0) is 11.8 Å². The standard InChI is InChI=1S/C21H26N4O4/c22-19(27)24-23-13-5-6-21(28)15-9-12-3-4-14(26)17-16(12)20(21,18(13)29-17)7-8-25(15)10-11-1-2-11/h3-4,11,15,18,26,28H,1-2,5-10H2,(H3,22,24,27)/b23-13-/t15?,18-,20?,21+/m0/s1.